The van der Waals surface area contributed by atoms with Crippen molar-refractivity contribution in [3.05, 3.63) is 41.1 Å². The molecule has 0 aromatic heterocycles. The highest BCUT2D eigenvalue weighted by atomic mass is 16.5. The van der Waals surface area contributed by atoms with Crippen LogP contribution in [0.3, 0.4) is 0 Å². The second kappa shape index (κ2) is 24.3. The van der Waals surface area contributed by atoms with Gasteiger partial charge < -0.3 is 9.85 Å². The second-order valence-electron chi connectivity index (χ2n) is 10.2. The van der Waals surface area contributed by atoms with Crippen LogP contribution in [0.5, 0.6) is 0 Å². The van der Waals surface area contributed by atoms with E-state index in [0.29, 0.717) is 0 Å². The molecule has 0 saturated heterocycles. The van der Waals surface area contributed by atoms with Crippen molar-refractivity contribution in [1.29, 1.82) is 0 Å². The molecule has 194 valence electrons. The van der Waals surface area contributed by atoms with Gasteiger partial charge in [0.1, 0.15) is 0 Å². The number of unbranched alkanes of at least 4 members (excludes halogenated alkanes) is 15. The van der Waals surface area contributed by atoms with E-state index in [2.05, 4.69) is 39.8 Å². The van der Waals surface area contributed by atoms with Crippen molar-refractivity contribution in [1.82, 2.24) is 0 Å². The molecule has 0 N–H and O–H groups in total. The van der Waals surface area contributed by atoms with Crippen molar-refractivity contribution >= 4 is 0 Å². The molecule has 0 atom stereocenters. The Kier molecular flexibility index (Phi) is 23.6. The number of hydroxylamine groups is 3. The predicted octanol–water partition coefficient (Wildman–Crippen LogP) is 10.4. The molecule has 0 aliphatic carbocycles. The van der Waals surface area contributed by atoms with Crippen LogP contribution in [0.1, 0.15) is 142 Å². The topological polar surface area (TPSA) is 23.1 Å². The lowest BCUT2D eigenvalue weighted by Crippen LogP contribution is -2.44. The minimum Gasteiger partial charge on any atom is -0.633 e. The first-order valence-corrected chi connectivity index (χ1v) is 14.7. The van der Waals surface area contributed by atoms with Crippen molar-refractivity contribution in [2.24, 2.45) is 0 Å². The zero-order valence-corrected chi connectivity index (χ0v) is 23.1. The van der Waals surface area contributed by atoms with E-state index in [1.165, 1.54) is 102 Å². The summed E-state index contributed by atoms with van der Waals surface area (Å²) in [7, 11) is 0. The van der Waals surface area contributed by atoms with Crippen molar-refractivity contribution in [3.8, 4) is 0 Å². The summed E-state index contributed by atoms with van der Waals surface area (Å²) < 4.78 is 0.106. The Bertz CT molecular complexity index is 446. The van der Waals surface area contributed by atoms with E-state index < -0.39 is 0 Å². The fraction of sp³-hybridized carbons (Fsp3) is 0.806. The van der Waals surface area contributed by atoms with Crippen molar-refractivity contribution < 1.29 is 4.65 Å². The second-order valence-corrected chi connectivity index (χ2v) is 10.2. The Hall–Kier alpha value is -0.860. The third-order valence-electron chi connectivity index (χ3n) is 6.70. The molecule has 2 nitrogen and oxygen atoms in total. The first-order valence-electron chi connectivity index (χ1n) is 14.7. The van der Waals surface area contributed by atoms with Crippen LogP contribution in [-0.2, 0) is 0 Å². The van der Waals surface area contributed by atoms with Crippen LogP contribution in [0.25, 0.3) is 0 Å². The lowest BCUT2D eigenvalue weighted by Gasteiger charge is -2.43. The number of benzene rings is 1. The van der Waals surface area contributed by atoms with Gasteiger partial charge in [0.25, 0.3) is 0 Å². The molecule has 0 amide bonds. The normalized spacial score (nSPS) is 11.3. The smallest absolute Gasteiger partial charge is 0.0783 e. The Morgan fingerprint density at radius 1 is 0.485 bits per heavy atom. The van der Waals surface area contributed by atoms with Gasteiger partial charge in [-0.15, -0.1) is 0 Å². The fourth-order valence-corrected chi connectivity index (χ4v) is 4.41. The minimum absolute atomic E-state index is 0.106. The van der Waals surface area contributed by atoms with Gasteiger partial charge in [-0.25, -0.2) is 0 Å². The van der Waals surface area contributed by atoms with Crippen LogP contribution in [0.15, 0.2) is 30.3 Å². The molecule has 1 rings (SSSR count). The molecule has 0 aliphatic heterocycles. The Morgan fingerprint density at radius 2 is 0.788 bits per heavy atom. The number of nitrogens with zero attached hydrogens (tertiary/aromatic N) is 1. The summed E-state index contributed by atoms with van der Waals surface area (Å²) in [5.41, 5.74) is 1.32. The first kappa shape index (κ1) is 32.1. The van der Waals surface area contributed by atoms with Gasteiger partial charge in [-0.3, -0.25) is 0 Å². The maximum Gasteiger partial charge on any atom is 0.0783 e. The SMILES string of the molecule is CCCCCCCC[N+]([O-])(CCCCCCCC)CCCCCCCC.Cc1ccccc1. The van der Waals surface area contributed by atoms with Crippen molar-refractivity contribution in [3.63, 3.8) is 0 Å². The summed E-state index contributed by atoms with van der Waals surface area (Å²) in [5, 5.41) is 13.3. The molecular weight excluding hydrogens is 402 g/mol. The lowest BCUT2D eigenvalue weighted by molar-refractivity contribution is -0.881. The lowest BCUT2D eigenvalue weighted by atomic mass is 10.1. The van der Waals surface area contributed by atoms with Crippen LogP contribution in [-0.4, -0.2) is 24.3 Å². The summed E-state index contributed by atoms with van der Waals surface area (Å²) in [5.74, 6) is 0. The van der Waals surface area contributed by atoms with Gasteiger partial charge >= 0.3 is 0 Å². The van der Waals surface area contributed by atoms with E-state index in [-0.39, 0.29) is 4.65 Å². The molecule has 2 heteroatoms. The van der Waals surface area contributed by atoms with Gasteiger partial charge in [-0.2, -0.15) is 0 Å². The Labute approximate surface area is 208 Å². The number of quaternary nitrogens is 1. The van der Waals surface area contributed by atoms with E-state index in [0.717, 1.165) is 38.9 Å². The van der Waals surface area contributed by atoms with E-state index >= 15 is 0 Å². The standard InChI is InChI=1S/C24H51NO.C7H8/c1-4-7-10-13-16-19-22-25(26,23-20-17-14-11-8-5-2)24-21-18-15-12-9-6-3;1-7-5-3-2-4-6-7/h4-24H2,1-3H3;2-6H,1H3. The third-order valence-corrected chi connectivity index (χ3v) is 6.70. The number of aryl methyl sites for hydroxylation is 1. The maximum absolute atomic E-state index is 13.3. The third kappa shape index (κ3) is 22.7. The van der Waals surface area contributed by atoms with Gasteiger partial charge in [0, 0.05) is 0 Å². The molecule has 1 aromatic rings. The van der Waals surface area contributed by atoms with Crippen LogP contribution in [0.2, 0.25) is 0 Å². The van der Waals surface area contributed by atoms with E-state index in [4.69, 9.17) is 0 Å². The summed E-state index contributed by atoms with van der Waals surface area (Å²) >= 11 is 0. The monoisotopic (exact) mass is 461 g/mol. The van der Waals surface area contributed by atoms with E-state index in [9.17, 15) is 5.21 Å². The van der Waals surface area contributed by atoms with Gasteiger partial charge in [-0.1, -0.05) is 134 Å². The summed E-state index contributed by atoms with van der Waals surface area (Å²) in [6.45, 7) is 11.5. The molecule has 0 bridgehead atoms. The zero-order valence-electron chi connectivity index (χ0n) is 23.1. The summed E-state index contributed by atoms with van der Waals surface area (Å²) in [6.07, 6.45) is 23.2. The molecule has 0 spiro atoms. The van der Waals surface area contributed by atoms with E-state index in [1.54, 1.807) is 0 Å². The first-order chi connectivity index (χ1) is 16.1. The van der Waals surface area contributed by atoms with Gasteiger partial charge in [-0.05, 0) is 45.4 Å². The average molecular weight is 462 g/mol. The number of hydrogen-bond acceptors (Lipinski definition) is 1. The fourth-order valence-electron chi connectivity index (χ4n) is 4.41. The van der Waals surface area contributed by atoms with E-state index in [1.807, 2.05) is 18.2 Å². The number of rotatable bonds is 21. The molecule has 0 unspecified atom stereocenters. The highest BCUT2D eigenvalue weighted by Crippen LogP contribution is 2.17. The highest BCUT2D eigenvalue weighted by Gasteiger charge is 2.15. The van der Waals surface area contributed by atoms with Crippen LogP contribution in [0.4, 0.5) is 0 Å². The summed E-state index contributed by atoms with van der Waals surface area (Å²) in [6, 6.07) is 10.3. The van der Waals surface area contributed by atoms with Gasteiger partial charge in [0.2, 0.25) is 0 Å². The summed E-state index contributed by atoms with van der Waals surface area (Å²) in [4.78, 5) is 0. The average Bonchev–Trinajstić information content (AvgIpc) is 2.82. The Balaban J connectivity index is 0.00000123. The molecular formula is C31H59NO. The molecule has 0 aliphatic rings. The van der Waals surface area contributed by atoms with Gasteiger partial charge in [0.15, 0.2) is 0 Å². The van der Waals surface area contributed by atoms with Crippen LogP contribution < -0.4 is 0 Å². The van der Waals surface area contributed by atoms with Crippen LogP contribution >= 0.6 is 0 Å². The van der Waals surface area contributed by atoms with Crippen molar-refractivity contribution in [2.75, 3.05) is 19.6 Å². The Morgan fingerprint density at radius 3 is 1.06 bits per heavy atom. The zero-order chi connectivity index (χ0) is 24.5. The molecule has 33 heavy (non-hydrogen) atoms. The maximum atomic E-state index is 13.3. The minimum atomic E-state index is 0.106. The molecule has 0 heterocycles. The largest absolute Gasteiger partial charge is 0.633 e. The molecule has 0 fully saturated rings. The predicted molar refractivity (Wildman–Crippen MR) is 150 cm³/mol. The quantitative estimate of drug-likeness (QED) is 0.101. The number of hydrogen-bond donors (Lipinski definition) is 0. The molecule has 0 radical (unpaired) electrons. The van der Waals surface area contributed by atoms with Crippen molar-refractivity contribution in [2.45, 2.75) is 143 Å². The molecule has 0 saturated carbocycles. The molecule has 1 aromatic carbocycles. The van der Waals surface area contributed by atoms with Crippen LogP contribution in [0, 0.1) is 12.1 Å². The highest BCUT2D eigenvalue weighted by molar-refractivity contribution is 5.11. The van der Waals surface area contributed by atoms with Gasteiger partial charge in [0.05, 0.1) is 19.6 Å².